The maximum Gasteiger partial charge on any atom is 0.259 e. The smallest absolute Gasteiger partial charge is 0.259 e. The zero-order chi connectivity index (χ0) is 18.9. The molecule has 0 aliphatic carbocycles. The van der Waals surface area contributed by atoms with Gasteiger partial charge in [-0.15, -0.1) is 0 Å². The van der Waals surface area contributed by atoms with Gasteiger partial charge in [-0.3, -0.25) is 14.8 Å². The van der Waals surface area contributed by atoms with E-state index in [9.17, 15) is 4.79 Å². The molecule has 1 N–H and O–H groups in total. The molecule has 1 spiro atoms. The molecule has 1 unspecified atom stereocenters. The highest BCUT2D eigenvalue weighted by molar-refractivity contribution is 5.96. The van der Waals surface area contributed by atoms with Crippen LogP contribution >= 0.6 is 0 Å². The number of hydrogen-bond acceptors (Lipinski definition) is 7. The van der Waals surface area contributed by atoms with E-state index >= 15 is 0 Å². The molecule has 9 nitrogen and oxygen atoms in total. The Balaban J connectivity index is 1.50. The van der Waals surface area contributed by atoms with Gasteiger partial charge in [-0.1, -0.05) is 5.16 Å². The summed E-state index contributed by atoms with van der Waals surface area (Å²) in [4.78, 5) is 17.2. The van der Waals surface area contributed by atoms with Crippen molar-refractivity contribution in [3.8, 4) is 0 Å². The minimum Gasteiger partial charge on any atom is -0.377 e. The molecule has 0 bridgehead atoms. The molecule has 2 aliphatic heterocycles. The minimum absolute atomic E-state index is 0.0571. The van der Waals surface area contributed by atoms with Crippen molar-refractivity contribution in [1.82, 2.24) is 25.2 Å². The highest BCUT2D eigenvalue weighted by atomic mass is 16.5. The van der Waals surface area contributed by atoms with Crippen molar-refractivity contribution >= 4 is 5.91 Å². The number of rotatable bonds is 3. The van der Waals surface area contributed by atoms with E-state index in [1.807, 2.05) is 11.0 Å². The molecule has 2 saturated heterocycles. The number of H-pyrrole nitrogens is 1. The number of carbonyl (C=O) groups excluding carboxylic acids is 1. The van der Waals surface area contributed by atoms with E-state index in [0.29, 0.717) is 56.5 Å². The zero-order valence-electron chi connectivity index (χ0n) is 15.7. The number of amides is 1. The van der Waals surface area contributed by atoms with Crippen LogP contribution in [-0.4, -0.2) is 82.7 Å². The third-order valence-electron chi connectivity index (χ3n) is 5.16. The summed E-state index contributed by atoms with van der Waals surface area (Å²) in [5.41, 5.74) is 1.68. The Labute approximate surface area is 157 Å². The molecule has 1 atom stereocenters. The normalized spacial score (nSPS) is 24.3. The van der Waals surface area contributed by atoms with Crippen molar-refractivity contribution in [1.29, 1.82) is 0 Å². The first kappa shape index (κ1) is 18.1. The van der Waals surface area contributed by atoms with Crippen molar-refractivity contribution in [2.45, 2.75) is 26.0 Å². The molecular weight excluding hydrogens is 350 g/mol. The van der Waals surface area contributed by atoms with Crippen molar-refractivity contribution in [2.24, 2.45) is 0 Å². The first-order valence-corrected chi connectivity index (χ1v) is 9.21. The number of hydrogen-bond donors (Lipinski definition) is 1. The summed E-state index contributed by atoms with van der Waals surface area (Å²) in [5.74, 6) is 0.495. The molecule has 2 aliphatic rings. The number of nitrogens with one attached hydrogen (secondary N) is 1. The van der Waals surface area contributed by atoms with Gasteiger partial charge in [-0.25, -0.2) is 0 Å². The summed E-state index contributed by atoms with van der Waals surface area (Å²) in [6.07, 6.45) is 1.75. The molecule has 2 fully saturated rings. The minimum atomic E-state index is -0.538. The summed E-state index contributed by atoms with van der Waals surface area (Å²) in [6.45, 7) is 8.42. The van der Waals surface area contributed by atoms with Crippen molar-refractivity contribution < 1.29 is 18.8 Å². The summed E-state index contributed by atoms with van der Waals surface area (Å²) in [6, 6.07) is 1.97. The van der Waals surface area contributed by atoms with Crippen LogP contribution in [0.15, 0.2) is 16.8 Å². The van der Waals surface area contributed by atoms with E-state index in [1.165, 1.54) is 0 Å². The van der Waals surface area contributed by atoms with E-state index < -0.39 is 5.60 Å². The Morgan fingerprint density at radius 1 is 1.30 bits per heavy atom. The van der Waals surface area contributed by atoms with Crippen LogP contribution in [0.25, 0.3) is 0 Å². The molecule has 27 heavy (non-hydrogen) atoms. The van der Waals surface area contributed by atoms with Crippen molar-refractivity contribution in [2.75, 3.05) is 46.0 Å². The van der Waals surface area contributed by atoms with Gasteiger partial charge in [0.25, 0.3) is 5.91 Å². The lowest BCUT2D eigenvalue weighted by Crippen LogP contribution is -2.59. The fraction of sp³-hybridized carbons (Fsp3) is 0.611. The summed E-state index contributed by atoms with van der Waals surface area (Å²) >= 11 is 0. The van der Waals surface area contributed by atoms with Crippen LogP contribution in [-0.2, 0) is 16.0 Å². The van der Waals surface area contributed by atoms with Crippen LogP contribution in [0.1, 0.15) is 27.5 Å². The molecule has 2 aromatic heterocycles. The summed E-state index contributed by atoms with van der Waals surface area (Å²) in [5, 5.41) is 10.9. The fourth-order valence-corrected chi connectivity index (χ4v) is 3.88. The van der Waals surface area contributed by atoms with Crippen LogP contribution in [0, 0.1) is 13.8 Å². The topological polar surface area (TPSA) is 96.7 Å². The Bertz CT molecular complexity index is 770. The lowest BCUT2D eigenvalue weighted by atomic mass is 10.0. The lowest BCUT2D eigenvalue weighted by molar-refractivity contribution is -0.133. The molecule has 4 rings (SSSR count). The molecule has 4 heterocycles. The number of carbonyl (C=O) groups is 1. The molecule has 1 amide bonds. The van der Waals surface area contributed by atoms with E-state index in [0.717, 1.165) is 18.8 Å². The largest absolute Gasteiger partial charge is 0.377 e. The number of nitrogens with zero attached hydrogens (tertiary/aromatic N) is 4. The van der Waals surface area contributed by atoms with Gasteiger partial charge in [0.2, 0.25) is 0 Å². The quantitative estimate of drug-likeness (QED) is 0.846. The van der Waals surface area contributed by atoms with Crippen LogP contribution in [0.3, 0.4) is 0 Å². The number of ether oxygens (including phenoxy) is 2. The van der Waals surface area contributed by atoms with E-state index in [4.69, 9.17) is 14.0 Å². The van der Waals surface area contributed by atoms with Crippen molar-refractivity contribution in [3.05, 3.63) is 35.0 Å². The average molecular weight is 375 g/mol. The standard InChI is InChI=1S/C18H25N5O4/c1-13-16(14(2)27-21-13)17(24)23-6-8-26-18(11-23)10-22(5-7-25-12-18)9-15-3-4-19-20-15/h3-4H,5-12H2,1-2H3,(H,19,20). The van der Waals surface area contributed by atoms with E-state index in [-0.39, 0.29) is 5.91 Å². The molecule has 0 saturated carbocycles. The maximum atomic E-state index is 13.1. The lowest BCUT2D eigenvalue weighted by Gasteiger charge is -2.43. The van der Waals surface area contributed by atoms with Gasteiger partial charge in [0.1, 0.15) is 16.9 Å². The van der Waals surface area contributed by atoms with Crippen LogP contribution in [0.5, 0.6) is 0 Å². The van der Waals surface area contributed by atoms with Gasteiger partial charge < -0.3 is 18.9 Å². The molecule has 2 aromatic rings. The Morgan fingerprint density at radius 3 is 2.93 bits per heavy atom. The summed E-state index contributed by atoms with van der Waals surface area (Å²) < 4.78 is 17.2. The summed E-state index contributed by atoms with van der Waals surface area (Å²) in [7, 11) is 0. The number of morpholine rings is 1. The number of aryl methyl sites for hydroxylation is 2. The van der Waals surface area contributed by atoms with E-state index in [1.54, 1.807) is 20.0 Å². The van der Waals surface area contributed by atoms with E-state index in [2.05, 4.69) is 20.3 Å². The SMILES string of the molecule is Cc1noc(C)c1C(=O)N1CCOC2(COCCN(Cc3ccn[nH]3)C2)C1. The van der Waals surface area contributed by atoms with Crippen LogP contribution in [0.4, 0.5) is 0 Å². The Hall–Kier alpha value is -2.23. The van der Waals surface area contributed by atoms with Gasteiger partial charge >= 0.3 is 0 Å². The second-order valence-corrected chi connectivity index (χ2v) is 7.30. The first-order valence-electron chi connectivity index (χ1n) is 9.21. The van der Waals surface area contributed by atoms with Gasteiger partial charge in [0.05, 0.1) is 32.1 Å². The molecule has 9 heteroatoms. The molecule has 0 aromatic carbocycles. The third kappa shape index (κ3) is 3.76. The molecular formula is C18H25N5O4. The van der Waals surface area contributed by atoms with Crippen LogP contribution in [0.2, 0.25) is 0 Å². The highest BCUT2D eigenvalue weighted by Crippen LogP contribution is 2.25. The molecule has 0 radical (unpaired) electrons. The van der Waals surface area contributed by atoms with Crippen LogP contribution < -0.4 is 0 Å². The second kappa shape index (κ2) is 7.41. The zero-order valence-corrected chi connectivity index (χ0v) is 15.7. The number of aromatic nitrogens is 3. The average Bonchev–Trinajstić information content (AvgIpc) is 3.23. The monoisotopic (exact) mass is 375 g/mol. The van der Waals surface area contributed by atoms with Crippen molar-refractivity contribution in [3.63, 3.8) is 0 Å². The predicted octanol–water partition coefficient (Wildman–Crippen LogP) is 0.758. The van der Waals surface area contributed by atoms with Gasteiger partial charge in [-0.05, 0) is 19.9 Å². The first-order chi connectivity index (χ1) is 13.1. The predicted molar refractivity (Wildman–Crippen MR) is 95.2 cm³/mol. The molecule has 146 valence electrons. The number of aromatic amines is 1. The highest BCUT2D eigenvalue weighted by Gasteiger charge is 2.42. The Kier molecular flexibility index (Phi) is 4.98. The van der Waals surface area contributed by atoms with Gasteiger partial charge in [0.15, 0.2) is 0 Å². The maximum absolute atomic E-state index is 13.1. The second-order valence-electron chi connectivity index (χ2n) is 7.30. The fourth-order valence-electron chi connectivity index (χ4n) is 3.88. The van der Waals surface area contributed by atoms with Gasteiger partial charge in [-0.2, -0.15) is 5.10 Å². The van der Waals surface area contributed by atoms with Gasteiger partial charge in [0, 0.05) is 38.1 Å². The Morgan fingerprint density at radius 2 is 2.19 bits per heavy atom. The third-order valence-corrected chi connectivity index (χ3v) is 5.16.